The maximum atomic E-state index is 11.9. The Bertz CT molecular complexity index is 1340. The molecule has 4 aromatic rings. The highest BCUT2D eigenvalue weighted by Gasteiger charge is 2.18. The number of aliphatic hydroxyl groups is 1. The van der Waals surface area contributed by atoms with E-state index in [-0.39, 0.29) is 5.56 Å². The molecule has 0 fully saturated rings. The van der Waals surface area contributed by atoms with Crippen LogP contribution in [0.4, 0.5) is 16.2 Å². The van der Waals surface area contributed by atoms with Crippen LogP contribution in [0.5, 0.6) is 0 Å². The number of aromatic carboxylic acids is 1. The quantitative estimate of drug-likeness (QED) is 0.229. The Kier molecular flexibility index (Phi) is 6.37. The van der Waals surface area contributed by atoms with Gasteiger partial charge in [-0.3, -0.25) is 5.32 Å². The largest absolute Gasteiger partial charge is 0.478 e. The second-order valence-corrected chi connectivity index (χ2v) is 7.44. The van der Waals surface area contributed by atoms with E-state index in [1.54, 1.807) is 42.5 Å². The first kappa shape index (κ1) is 22.0. The van der Waals surface area contributed by atoms with E-state index in [0.29, 0.717) is 46.4 Å². The van der Waals surface area contributed by atoms with Crippen LogP contribution in [0.3, 0.4) is 0 Å². The predicted octanol–water partition coefficient (Wildman–Crippen LogP) is 5.15. The number of benzene rings is 3. The molecular weight excluding hydrogens is 422 g/mol. The molecule has 1 unspecified atom stereocenters. The molecule has 1 amide bonds. The molecule has 1 heterocycles. The first-order chi connectivity index (χ1) is 16.0. The number of ether oxygens (including phenoxy) is 1. The molecule has 0 saturated heterocycles. The number of rotatable bonds is 7. The molecule has 0 bridgehead atoms. The van der Waals surface area contributed by atoms with E-state index >= 15 is 0 Å². The minimum absolute atomic E-state index is 0.0765. The Morgan fingerprint density at radius 2 is 1.79 bits per heavy atom. The molecule has 4 N–H and O–H groups in total. The average molecular weight is 445 g/mol. The number of aromatic nitrogens is 1. The van der Waals surface area contributed by atoms with E-state index in [4.69, 9.17) is 4.74 Å². The van der Waals surface area contributed by atoms with Gasteiger partial charge in [-0.25, -0.2) is 14.6 Å². The van der Waals surface area contributed by atoms with Crippen LogP contribution in [0.1, 0.15) is 35.5 Å². The van der Waals surface area contributed by atoms with Gasteiger partial charge in [-0.1, -0.05) is 49.4 Å². The van der Waals surface area contributed by atoms with Gasteiger partial charge in [-0.05, 0) is 30.7 Å². The zero-order valence-corrected chi connectivity index (χ0v) is 17.9. The van der Waals surface area contributed by atoms with E-state index in [2.05, 4.69) is 15.6 Å². The van der Waals surface area contributed by atoms with Crippen molar-refractivity contribution in [2.24, 2.45) is 0 Å². The fourth-order valence-electron chi connectivity index (χ4n) is 3.60. The van der Waals surface area contributed by atoms with Gasteiger partial charge in [-0.15, -0.1) is 0 Å². The van der Waals surface area contributed by atoms with Crippen LogP contribution in [0, 0.1) is 0 Å². The normalized spacial score (nSPS) is 11.8. The molecule has 33 heavy (non-hydrogen) atoms. The van der Waals surface area contributed by atoms with Crippen molar-refractivity contribution in [1.82, 2.24) is 4.98 Å². The zero-order valence-electron chi connectivity index (χ0n) is 17.9. The highest BCUT2D eigenvalue weighted by atomic mass is 16.5. The van der Waals surface area contributed by atoms with E-state index in [0.717, 1.165) is 5.39 Å². The number of carbonyl (C=O) groups is 2. The molecule has 0 radical (unpaired) electrons. The molecule has 0 aliphatic rings. The number of hydrogen-bond donors (Lipinski definition) is 4. The van der Waals surface area contributed by atoms with Gasteiger partial charge in [0.2, 0.25) is 0 Å². The maximum absolute atomic E-state index is 11.9. The lowest BCUT2D eigenvalue weighted by Crippen LogP contribution is -2.15. The van der Waals surface area contributed by atoms with Gasteiger partial charge in [0, 0.05) is 22.0 Å². The highest BCUT2D eigenvalue weighted by Crippen LogP contribution is 2.34. The van der Waals surface area contributed by atoms with Crippen LogP contribution in [-0.4, -0.2) is 33.9 Å². The molecule has 0 spiro atoms. The van der Waals surface area contributed by atoms with Crippen molar-refractivity contribution in [2.75, 3.05) is 17.2 Å². The van der Waals surface area contributed by atoms with Crippen LogP contribution in [-0.2, 0) is 4.74 Å². The van der Waals surface area contributed by atoms with Gasteiger partial charge in [0.15, 0.2) is 6.23 Å². The second-order valence-electron chi connectivity index (χ2n) is 7.44. The number of carboxylic acids is 1. The molecule has 1 aromatic heterocycles. The Morgan fingerprint density at radius 1 is 1.03 bits per heavy atom. The molecule has 1 atom stereocenters. The summed E-state index contributed by atoms with van der Waals surface area (Å²) in [5.41, 5.74) is 2.55. The Morgan fingerprint density at radius 3 is 2.58 bits per heavy atom. The predicted molar refractivity (Wildman–Crippen MR) is 126 cm³/mol. The molecule has 4 rings (SSSR count). The van der Waals surface area contributed by atoms with Gasteiger partial charge >= 0.3 is 12.1 Å². The summed E-state index contributed by atoms with van der Waals surface area (Å²) in [6, 6.07) is 19.0. The fourth-order valence-corrected chi connectivity index (χ4v) is 3.60. The van der Waals surface area contributed by atoms with Gasteiger partial charge in [-0.2, -0.15) is 0 Å². The first-order valence-electron chi connectivity index (χ1n) is 10.5. The molecule has 0 aliphatic heterocycles. The van der Waals surface area contributed by atoms with Crippen molar-refractivity contribution in [3.63, 3.8) is 0 Å². The monoisotopic (exact) mass is 445 g/mol. The van der Waals surface area contributed by atoms with Crippen LogP contribution < -0.4 is 10.6 Å². The summed E-state index contributed by atoms with van der Waals surface area (Å²) in [5, 5.41) is 27.6. The molecule has 168 valence electrons. The number of nitrogens with one attached hydrogen (secondary N) is 2. The van der Waals surface area contributed by atoms with Crippen LogP contribution in [0.15, 0.2) is 66.7 Å². The summed E-state index contributed by atoms with van der Waals surface area (Å²) < 4.78 is 5.03. The van der Waals surface area contributed by atoms with Crippen LogP contribution in [0.25, 0.3) is 21.8 Å². The van der Waals surface area contributed by atoms with Gasteiger partial charge in [0.05, 0.1) is 28.9 Å². The second kappa shape index (κ2) is 9.54. The smallest absolute Gasteiger partial charge is 0.411 e. The minimum Gasteiger partial charge on any atom is -0.478 e. The molecule has 0 aliphatic carbocycles. The van der Waals surface area contributed by atoms with Crippen LogP contribution in [0.2, 0.25) is 0 Å². The summed E-state index contributed by atoms with van der Waals surface area (Å²) in [6.45, 7) is 2.22. The van der Waals surface area contributed by atoms with Crippen molar-refractivity contribution < 1.29 is 24.5 Å². The number of aliphatic hydroxyl groups excluding tert-OH is 1. The standard InChI is InChI=1S/C25H23N3O5/c1-2-13-33-25(32)26-16-8-5-7-15(14-16)23(29)28-21-17-9-3-4-12-20(17)27-22-18(21)10-6-11-19(22)24(30)31/h3-12,14,23,29H,2,13H2,1H3,(H,26,32)(H,27,28)(H,30,31). The maximum Gasteiger partial charge on any atom is 0.411 e. The highest BCUT2D eigenvalue weighted by molar-refractivity contribution is 6.12. The summed E-state index contributed by atoms with van der Waals surface area (Å²) in [5.74, 6) is -1.08. The molecular formula is C25H23N3O5. The number of hydrogen-bond acceptors (Lipinski definition) is 6. The number of carboxylic acid groups (broad SMARTS) is 1. The number of para-hydroxylation sites is 2. The number of anilines is 2. The van der Waals surface area contributed by atoms with Crippen molar-refractivity contribution >= 4 is 45.2 Å². The van der Waals surface area contributed by atoms with Crippen molar-refractivity contribution in [3.8, 4) is 0 Å². The lowest BCUT2D eigenvalue weighted by Gasteiger charge is -2.19. The minimum atomic E-state index is -1.14. The SMILES string of the molecule is CCCOC(=O)Nc1cccc(C(O)Nc2c3ccccc3nc3c(C(=O)O)cccc23)c1. The Balaban J connectivity index is 1.71. The lowest BCUT2D eigenvalue weighted by molar-refractivity contribution is 0.0698. The summed E-state index contributed by atoms with van der Waals surface area (Å²) in [4.78, 5) is 28.1. The Hall–Kier alpha value is -4.17. The summed E-state index contributed by atoms with van der Waals surface area (Å²) >= 11 is 0. The molecule has 0 saturated carbocycles. The van der Waals surface area contributed by atoms with Crippen molar-refractivity contribution in [1.29, 1.82) is 0 Å². The number of pyridine rings is 1. The topological polar surface area (TPSA) is 121 Å². The third kappa shape index (κ3) is 4.70. The van der Waals surface area contributed by atoms with E-state index in [1.165, 1.54) is 6.07 Å². The number of fused-ring (bicyclic) bond motifs is 2. The van der Waals surface area contributed by atoms with E-state index in [9.17, 15) is 19.8 Å². The van der Waals surface area contributed by atoms with Crippen molar-refractivity contribution in [2.45, 2.75) is 19.6 Å². The summed E-state index contributed by atoms with van der Waals surface area (Å²) in [6.07, 6.45) is -0.988. The number of nitrogens with zero attached hydrogens (tertiary/aromatic N) is 1. The van der Waals surface area contributed by atoms with Crippen molar-refractivity contribution in [3.05, 3.63) is 77.9 Å². The van der Waals surface area contributed by atoms with E-state index in [1.807, 2.05) is 25.1 Å². The molecule has 8 nitrogen and oxygen atoms in total. The van der Waals surface area contributed by atoms with Crippen LogP contribution >= 0.6 is 0 Å². The van der Waals surface area contributed by atoms with Gasteiger partial charge in [0.1, 0.15) is 0 Å². The Labute approximate surface area is 189 Å². The summed E-state index contributed by atoms with van der Waals surface area (Å²) in [7, 11) is 0. The van der Waals surface area contributed by atoms with E-state index < -0.39 is 18.3 Å². The first-order valence-corrected chi connectivity index (χ1v) is 10.5. The lowest BCUT2D eigenvalue weighted by atomic mass is 10.0. The average Bonchev–Trinajstić information content (AvgIpc) is 2.82. The third-order valence-electron chi connectivity index (χ3n) is 5.11. The molecule has 3 aromatic carbocycles. The third-order valence-corrected chi connectivity index (χ3v) is 5.11. The molecule has 8 heteroatoms. The zero-order chi connectivity index (χ0) is 23.4. The number of amides is 1. The fraction of sp³-hybridized carbons (Fsp3) is 0.160. The van der Waals surface area contributed by atoms with Gasteiger partial charge in [0.25, 0.3) is 0 Å². The number of carbonyl (C=O) groups excluding carboxylic acids is 1. The van der Waals surface area contributed by atoms with Gasteiger partial charge < -0.3 is 20.3 Å².